The third-order valence-corrected chi connectivity index (χ3v) is 6.14. The van der Waals surface area contributed by atoms with Gasteiger partial charge in [0.25, 0.3) is 0 Å². The maximum atomic E-state index is 12.0. The Morgan fingerprint density at radius 3 is 2.74 bits per heavy atom. The van der Waals surface area contributed by atoms with Crippen molar-refractivity contribution in [1.29, 1.82) is 0 Å². The molecule has 0 aliphatic carbocycles. The average Bonchev–Trinajstić information content (AvgIpc) is 3.14. The molecule has 0 saturated carbocycles. The van der Waals surface area contributed by atoms with Gasteiger partial charge in [-0.15, -0.1) is 11.3 Å². The van der Waals surface area contributed by atoms with Crippen LogP contribution in [0.4, 0.5) is 5.82 Å². The molecule has 0 bridgehead atoms. The minimum absolute atomic E-state index is 0.272. The van der Waals surface area contributed by atoms with E-state index in [1.54, 1.807) is 11.3 Å². The number of hydrogen-bond donors (Lipinski definition) is 0. The Bertz CT molecular complexity index is 737. The fourth-order valence-corrected chi connectivity index (χ4v) is 4.41. The van der Waals surface area contributed by atoms with Crippen LogP contribution in [0.25, 0.3) is 10.1 Å². The molecule has 3 rings (SSSR count). The Hall–Kier alpha value is -1.66. The van der Waals surface area contributed by atoms with Gasteiger partial charge in [-0.3, -0.25) is 9.69 Å². The van der Waals surface area contributed by atoms with E-state index in [1.165, 1.54) is 10.1 Å². The van der Waals surface area contributed by atoms with Crippen molar-refractivity contribution in [2.45, 2.75) is 33.1 Å². The van der Waals surface area contributed by atoms with Gasteiger partial charge in [-0.2, -0.15) is 0 Å². The lowest BCUT2D eigenvalue weighted by atomic mass is 10.1. The van der Waals surface area contributed by atoms with Crippen molar-refractivity contribution < 1.29 is 4.79 Å². The van der Waals surface area contributed by atoms with Crippen molar-refractivity contribution in [2.75, 3.05) is 51.2 Å². The first-order valence-corrected chi connectivity index (χ1v) is 11.0. The predicted octanol–water partition coefficient (Wildman–Crippen LogP) is 3.70. The minimum Gasteiger partial charge on any atom is -0.354 e. The Kier molecular flexibility index (Phi) is 7.07. The van der Waals surface area contributed by atoms with Gasteiger partial charge in [-0.25, -0.2) is 4.98 Å². The standard InChI is InChI=1S/C21H32N4OS/c1-17(2)16-20(26)23(3)9-4-5-10-24-11-13-25(14-12-24)21-18-7-15-27-19(18)6-8-22-21/h6-8,15,17H,4-5,9-14,16H2,1-3H3. The average molecular weight is 389 g/mol. The van der Waals surface area contributed by atoms with Crippen LogP contribution in [0.5, 0.6) is 0 Å². The number of nitrogens with zero attached hydrogens (tertiary/aromatic N) is 4. The number of unbranched alkanes of at least 4 members (excludes halogenated alkanes) is 1. The summed E-state index contributed by atoms with van der Waals surface area (Å²) >= 11 is 1.78. The summed E-state index contributed by atoms with van der Waals surface area (Å²) in [6, 6.07) is 4.29. The number of anilines is 1. The van der Waals surface area contributed by atoms with Crippen LogP contribution in [-0.2, 0) is 4.79 Å². The molecule has 27 heavy (non-hydrogen) atoms. The summed E-state index contributed by atoms with van der Waals surface area (Å²) < 4.78 is 1.32. The number of hydrogen-bond acceptors (Lipinski definition) is 5. The molecule has 2 aromatic rings. The van der Waals surface area contributed by atoms with E-state index in [0.29, 0.717) is 12.3 Å². The quantitative estimate of drug-likeness (QED) is 0.647. The summed E-state index contributed by atoms with van der Waals surface area (Å²) in [5.41, 5.74) is 0. The Morgan fingerprint density at radius 1 is 1.22 bits per heavy atom. The molecule has 0 radical (unpaired) electrons. The summed E-state index contributed by atoms with van der Waals surface area (Å²) in [5.74, 6) is 1.85. The van der Waals surface area contributed by atoms with Gasteiger partial charge in [0.05, 0.1) is 0 Å². The molecule has 5 nitrogen and oxygen atoms in total. The Labute approximate surface area is 167 Å². The van der Waals surface area contributed by atoms with Crippen molar-refractivity contribution in [3.05, 3.63) is 23.7 Å². The van der Waals surface area contributed by atoms with Crippen LogP contribution in [0.1, 0.15) is 33.1 Å². The summed E-state index contributed by atoms with van der Waals surface area (Å²) in [5, 5.41) is 3.43. The summed E-state index contributed by atoms with van der Waals surface area (Å²) in [6.07, 6.45) is 4.81. The molecule has 1 aliphatic heterocycles. The maximum Gasteiger partial charge on any atom is 0.222 e. The normalized spacial score (nSPS) is 15.6. The number of fused-ring (bicyclic) bond motifs is 1. The van der Waals surface area contributed by atoms with Crippen LogP contribution in [0.2, 0.25) is 0 Å². The molecule has 148 valence electrons. The zero-order valence-corrected chi connectivity index (χ0v) is 17.7. The number of thiophene rings is 1. The zero-order valence-electron chi connectivity index (χ0n) is 16.9. The molecule has 1 amide bonds. The number of carbonyl (C=O) groups excluding carboxylic acids is 1. The van der Waals surface area contributed by atoms with E-state index < -0.39 is 0 Å². The molecule has 0 N–H and O–H groups in total. The van der Waals surface area contributed by atoms with Crippen molar-refractivity contribution >= 4 is 33.1 Å². The largest absolute Gasteiger partial charge is 0.354 e. The molecule has 0 aromatic carbocycles. The minimum atomic E-state index is 0.272. The van der Waals surface area contributed by atoms with Gasteiger partial charge in [0, 0.05) is 62.5 Å². The SMILES string of the molecule is CC(C)CC(=O)N(C)CCCCN1CCN(c2nccc3sccc23)CC1. The van der Waals surface area contributed by atoms with Crippen LogP contribution in [0.3, 0.4) is 0 Å². The van der Waals surface area contributed by atoms with Gasteiger partial charge < -0.3 is 9.80 Å². The number of amides is 1. The van der Waals surface area contributed by atoms with Crippen molar-refractivity contribution in [2.24, 2.45) is 5.92 Å². The third kappa shape index (κ3) is 5.42. The van der Waals surface area contributed by atoms with Crippen LogP contribution in [0, 0.1) is 5.92 Å². The lowest BCUT2D eigenvalue weighted by Crippen LogP contribution is -2.47. The van der Waals surface area contributed by atoms with Crippen LogP contribution < -0.4 is 4.90 Å². The van der Waals surface area contributed by atoms with Gasteiger partial charge in [0.1, 0.15) is 5.82 Å². The molecule has 1 saturated heterocycles. The number of piperazine rings is 1. The molecule has 0 unspecified atom stereocenters. The van der Waals surface area contributed by atoms with Gasteiger partial charge >= 0.3 is 0 Å². The number of aromatic nitrogens is 1. The molecule has 1 fully saturated rings. The summed E-state index contributed by atoms with van der Waals surface area (Å²) in [4.78, 5) is 23.5. The Balaban J connectivity index is 1.38. The molecular weight excluding hydrogens is 356 g/mol. The summed E-state index contributed by atoms with van der Waals surface area (Å²) in [7, 11) is 1.93. The molecule has 6 heteroatoms. The fraction of sp³-hybridized carbons (Fsp3) is 0.619. The van der Waals surface area contributed by atoms with Crippen LogP contribution in [-0.4, -0.2) is 67.0 Å². The molecular formula is C21H32N4OS. The second kappa shape index (κ2) is 9.51. The first kappa shape index (κ1) is 20.1. The first-order valence-electron chi connectivity index (χ1n) is 10.1. The summed E-state index contributed by atoms with van der Waals surface area (Å²) in [6.45, 7) is 10.4. The third-order valence-electron chi connectivity index (χ3n) is 5.26. The topological polar surface area (TPSA) is 39.7 Å². The highest BCUT2D eigenvalue weighted by Crippen LogP contribution is 2.28. The van der Waals surface area contributed by atoms with E-state index in [4.69, 9.17) is 0 Å². The number of rotatable bonds is 8. The van der Waals surface area contributed by atoms with Gasteiger partial charge in [-0.1, -0.05) is 13.8 Å². The lowest BCUT2D eigenvalue weighted by molar-refractivity contribution is -0.130. The highest BCUT2D eigenvalue weighted by atomic mass is 32.1. The van der Waals surface area contributed by atoms with Gasteiger partial charge in [-0.05, 0) is 42.8 Å². The van der Waals surface area contributed by atoms with Gasteiger partial charge in [0.15, 0.2) is 0 Å². The van der Waals surface area contributed by atoms with E-state index in [0.717, 1.165) is 57.9 Å². The van der Waals surface area contributed by atoms with E-state index >= 15 is 0 Å². The first-order chi connectivity index (χ1) is 13.0. The predicted molar refractivity (Wildman–Crippen MR) is 115 cm³/mol. The maximum absolute atomic E-state index is 12.0. The number of pyridine rings is 1. The van der Waals surface area contributed by atoms with E-state index in [-0.39, 0.29) is 5.91 Å². The van der Waals surface area contributed by atoms with Crippen LogP contribution >= 0.6 is 11.3 Å². The molecule has 2 aromatic heterocycles. The smallest absolute Gasteiger partial charge is 0.222 e. The fourth-order valence-electron chi connectivity index (χ4n) is 3.63. The Morgan fingerprint density at radius 2 is 2.00 bits per heavy atom. The van der Waals surface area contributed by atoms with Crippen molar-refractivity contribution in [3.63, 3.8) is 0 Å². The lowest BCUT2D eigenvalue weighted by Gasteiger charge is -2.35. The second-order valence-corrected chi connectivity index (χ2v) is 8.86. The van der Waals surface area contributed by atoms with E-state index in [2.05, 4.69) is 46.1 Å². The van der Waals surface area contributed by atoms with E-state index in [1.807, 2.05) is 18.1 Å². The molecule has 0 spiro atoms. The monoisotopic (exact) mass is 388 g/mol. The second-order valence-electron chi connectivity index (χ2n) is 7.92. The zero-order chi connectivity index (χ0) is 19.2. The number of carbonyl (C=O) groups is 1. The highest BCUT2D eigenvalue weighted by molar-refractivity contribution is 7.17. The highest BCUT2D eigenvalue weighted by Gasteiger charge is 2.19. The van der Waals surface area contributed by atoms with Crippen molar-refractivity contribution in [1.82, 2.24) is 14.8 Å². The van der Waals surface area contributed by atoms with Gasteiger partial charge in [0.2, 0.25) is 5.91 Å². The van der Waals surface area contributed by atoms with E-state index in [9.17, 15) is 4.79 Å². The van der Waals surface area contributed by atoms with Crippen LogP contribution in [0.15, 0.2) is 23.7 Å². The molecule has 3 heterocycles. The van der Waals surface area contributed by atoms with Crippen molar-refractivity contribution in [3.8, 4) is 0 Å². The molecule has 1 aliphatic rings. The molecule has 0 atom stereocenters.